The lowest BCUT2D eigenvalue weighted by Gasteiger charge is -2.23. The third kappa shape index (κ3) is 4.04. The van der Waals surface area contributed by atoms with Crippen molar-refractivity contribution < 1.29 is 13.2 Å². The minimum absolute atomic E-state index is 0.146. The van der Waals surface area contributed by atoms with Gasteiger partial charge in [0, 0.05) is 25.2 Å². The highest BCUT2D eigenvalue weighted by Crippen LogP contribution is 2.33. The molecule has 5 nitrogen and oxygen atoms in total. The van der Waals surface area contributed by atoms with Crippen molar-refractivity contribution in [3.63, 3.8) is 0 Å². The number of rotatable bonds is 6. The Morgan fingerprint density at radius 2 is 1.86 bits per heavy atom. The zero-order chi connectivity index (χ0) is 15.6. The molecule has 0 saturated heterocycles. The third-order valence-corrected chi connectivity index (χ3v) is 5.21. The third-order valence-electron chi connectivity index (χ3n) is 3.28. The number of hydrogen-bond acceptors (Lipinski definition) is 3. The Hall–Kier alpha value is -1.40. The van der Waals surface area contributed by atoms with E-state index in [4.69, 9.17) is 0 Å². The molecule has 2 rings (SSSR count). The molecule has 0 unspecified atom stereocenters. The van der Waals surface area contributed by atoms with E-state index in [1.807, 2.05) is 13.8 Å². The molecular weight excluding hydrogens is 288 g/mol. The van der Waals surface area contributed by atoms with Gasteiger partial charge < -0.3 is 5.32 Å². The molecule has 0 radical (unpaired) electrons. The first kappa shape index (κ1) is 16.0. The maximum atomic E-state index is 12.7. The monoisotopic (exact) mass is 310 g/mol. The number of hydrogen-bond donors (Lipinski definition) is 1. The summed E-state index contributed by atoms with van der Waals surface area (Å²) in [4.78, 5) is 11.3. The summed E-state index contributed by atoms with van der Waals surface area (Å²) in [5, 5.41) is 2.63. The van der Waals surface area contributed by atoms with Crippen LogP contribution in [0.2, 0.25) is 0 Å². The van der Waals surface area contributed by atoms with Gasteiger partial charge in [-0.1, -0.05) is 13.8 Å². The highest BCUT2D eigenvalue weighted by atomic mass is 32.2. The van der Waals surface area contributed by atoms with E-state index in [2.05, 4.69) is 5.32 Å². The second-order valence-electron chi connectivity index (χ2n) is 5.91. The molecule has 0 aliphatic heterocycles. The normalized spacial score (nSPS) is 15.5. The molecule has 0 atom stereocenters. The van der Waals surface area contributed by atoms with Crippen molar-refractivity contribution in [1.82, 2.24) is 4.31 Å². The van der Waals surface area contributed by atoms with Crippen LogP contribution in [0.15, 0.2) is 29.2 Å². The van der Waals surface area contributed by atoms with Crippen LogP contribution in [0.4, 0.5) is 5.69 Å². The smallest absolute Gasteiger partial charge is 0.243 e. The quantitative estimate of drug-likeness (QED) is 0.877. The summed E-state index contributed by atoms with van der Waals surface area (Å²) in [6.45, 7) is 6.00. The summed E-state index contributed by atoms with van der Waals surface area (Å²) in [5.74, 6) is 0.115. The Morgan fingerprint density at radius 3 is 2.29 bits per heavy atom. The van der Waals surface area contributed by atoms with Gasteiger partial charge in [0.2, 0.25) is 15.9 Å². The van der Waals surface area contributed by atoms with Gasteiger partial charge in [-0.15, -0.1) is 0 Å². The first-order valence-corrected chi connectivity index (χ1v) is 8.64. The van der Waals surface area contributed by atoms with Gasteiger partial charge in [-0.05, 0) is 43.0 Å². The molecule has 0 bridgehead atoms. The van der Waals surface area contributed by atoms with E-state index in [9.17, 15) is 13.2 Å². The highest BCUT2D eigenvalue weighted by molar-refractivity contribution is 7.89. The van der Waals surface area contributed by atoms with Crippen LogP contribution in [-0.2, 0) is 14.8 Å². The Labute approximate surface area is 126 Å². The molecule has 116 valence electrons. The van der Waals surface area contributed by atoms with Gasteiger partial charge in [0.05, 0.1) is 4.90 Å². The van der Waals surface area contributed by atoms with Gasteiger partial charge in [0.25, 0.3) is 0 Å². The van der Waals surface area contributed by atoms with Crippen LogP contribution < -0.4 is 5.32 Å². The summed E-state index contributed by atoms with van der Waals surface area (Å²) < 4.78 is 27.1. The average molecular weight is 310 g/mol. The lowest BCUT2D eigenvalue weighted by atomic mass is 10.2. The van der Waals surface area contributed by atoms with Gasteiger partial charge in [-0.3, -0.25) is 4.79 Å². The van der Waals surface area contributed by atoms with Crippen LogP contribution >= 0.6 is 0 Å². The summed E-state index contributed by atoms with van der Waals surface area (Å²) >= 11 is 0. The summed E-state index contributed by atoms with van der Waals surface area (Å²) in [5.41, 5.74) is 0.600. The fraction of sp³-hybridized carbons (Fsp3) is 0.533. The van der Waals surface area contributed by atoms with Crippen LogP contribution in [-0.4, -0.2) is 31.2 Å². The molecule has 1 fully saturated rings. The predicted octanol–water partition coefficient (Wildman–Crippen LogP) is 2.45. The van der Waals surface area contributed by atoms with Crippen LogP contribution in [0.25, 0.3) is 0 Å². The summed E-state index contributed by atoms with van der Waals surface area (Å²) in [7, 11) is -3.46. The fourth-order valence-corrected chi connectivity index (χ4v) is 4.06. The van der Waals surface area contributed by atoms with Gasteiger partial charge >= 0.3 is 0 Å². The molecule has 1 saturated carbocycles. The van der Waals surface area contributed by atoms with E-state index in [1.54, 1.807) is 28.6 Å². The molecular formula is C15H22N2O3S. The van der Waals surface area contributed by atoms with Crippen molar-refractivity contribution in [2.75, 3.05) is 11.9 Å². The van der Waals surface area contributed by atoms with Crippen molar-refractivity contribution in [3.8, 4) is 0 Å². The van der Waals surface area contributed by atoms with Gasteiger partial charge in [-0.25, -0.2) is 8.42 Å². The molecule has 0 heterocycles. The Morgan fingerprint density at radius 1 is 1.29 bits per heavy atom. The number of anilines is 1. The molecule has 1 aromatic rings. The van der Waals surface area contributed by atoms with Crippen molar-refractivity contribution in [2.45, 2.75) is 44.6 Å². The Bertz CT molecular complexity index is 604. The minimum atomic E-state index is -3.46. The van der Waals surface area contributed by atoms with Crippen molar-refractivity contribution in [3.05, 3.63) is 24.3 Å². The standard InChI is InChI=1S/C15H22N2O3S/c1-11(2)10-17(14-6-7-14)21(19,20)15-8-4-13(5-9-15)16-12(3)18/h4-5,8-9,11,14H,6-7,10H2,1-3H3,(H,16,18). The largest absolute Gasteiger partial charge is 0.326 e. The average Bonchev–Trinajstić information content (AvgIpc) is 3.19. The second-order valence-corrected chi connectivity index (χ2v) is 7.80. The molecule has 1 N–H and O–H groups in total. The van der Waals surface area contributed by atoms with E-state index in [0.29, 0.717) is 18.2 Å². The van der Waals surface area contributed by atoms with E-state index < -0.39 is 10.0 Å². The van der Waals surface area contributed by atoms with Crippen LogP contribution in [0.5, 0.6) is 0 Å². The highest BCUT2D eigenvalue weighted by Gasteiger charge is 2.38. The van der Waals surface area contributed by atoms with Crippen LogP contribution in [0.1, 0.15) is 33.6 Å². The maximum Gasteiger partial charge on any atom is 0.243 e. The number of amides is 1. The number of nitrogens with one attached hydrogen (secondary N) is 1. The van der Waals surface area contributed by atoms with Gasteiger partial charge in [-0.2, -0.15) is 4.31 Å². The van der Waals surface area contributed by atoms with Crippen LogP contribution in [0, 0.1) is 5.92 Å². The number of benzene rings is 1. The Balaban J connectivity index is 2.23. The number of carbonyl (C=O) groups excluding carboxylic acids is 1. The first-order valence-electron chi connectivity index (χ1n) is 7.20. The van der Waals surface area contributed by atoms with Crippen molar-refractivity contribution in [2.24, 2.45) is 5.92 Å². The van der Waals surface area contributed by atoms with E-state index in [0.717, 1.165) is 12.8 Å². The predicted molar refractivity (Wildman–Crippen MR) is 82.5 cm³/mol. The lowest BCUT2D eigenvalue weighted by Crippen LogP contribution is -2.36. The molecule has 0 aromatic heterocycles. The molecule has 21 heavy (non-hydrogen) atoms. The topological polar surface area (TPSA) is 66.5 Å². The van der Waals surface area contributed by atoms with Crippen molar-refractivity contribution in [1.29, 1.82) is 0 Å². The summed E-state index contributed by atoms with van der Waals surface area (Å²) in [6.07, 6.45) is 1.88. The maximum absolute atomic E-state index is 12.7. The Kier molecular flexibility index (Phi) is 4.68. The molecule has 1 aliphatic carbocycles. The van der Waals surface area contributed by atoms with Gasteiger partial charge in [0.15, 0.2) is 0 Å². The molecule has 1 aliphatic rings. The first-order chi connectivity index (χ1) is 9.80. The van der Waals surface area contributed by atoms with E-state index in [1.165, 1.54) is 6.92 Å². The fourth-order valence-electron chi connectivity index (χ4n) is 2.21. The van der Waals surface area contributed by atoms with Crippen LogP contribution in [0.3, 0.4) is 0 Å². The molecule has 6 heteroatoms. The molecule has 1 amide bonds. The number of carbonyl (C=O) groups is 1. The minimum Gasteiger partial charge on any atom is -0.326 e. The number of nitrogens with zero attached hydrogens (tertiary/aromatic N) is 1. The van der Waals surface area contributed by atoms with E-state index in [-0.39, 0.29) is 16.8 Å². The molecule has 1 aromatic carbocycles. The lowest BCUT2D eigenvalue weighted by molar-refractivity contribution is -0.114. The SMILES string of the molecule is CC(=O)Nc1ccc(S(=O)(=O)N(CC(C)C)C2CC2)cc1. The summed E-state index contributed by atoms with van der Waals surface area (Å²) in [6, 6.07) is 6.49. The van der Waals surface area contributed by atoms with Gasteiger partial charge in [0.1, 0.15) is 0 Å². The van der Waals surface area contributed by atoms with Crippen molar-refractivity contribution >= 4 is 21.6 Å². The zero-order valence-electron chi connectivity index (χ0n) is 12.7. The number of sulfonamides is 1. The van der Waals surface area contributed by atoms with E-state index >= 15 is 0 Å². The molecule has 0 spiro atoms. The zero-order valence-corrected chi connectivity index (χ0v) is 13.5. The second kappa shape index (κ2) is 6.15.